The minimum atomic E-state index is -4.07. The number of benzene rings is 3. The molecule has 0 aliphatic heterocycles. The first-order chi connectivity index (χ1) is 17.1. The van der Waals surface area contributed by atoms with Crippen LogP contribution in [-0.2, 0) is 26.2 Å². The van der Waals surface area contributed by atoms with Crippen LogP contribution in [0.1, 0.15) is 25.0 Å². The Balaban J connectivity index is 2.01. The molecule has 36 heavy (non-hydrogen) atoms. The van der Waals surface area contributed by atoms with Crippen molar-refractivity contribution in [2.75, 3.05) is 17.4 Å². The summed E-state index contributed by atoms with van der Waals surface area (Å²) < 4.78 is 29.1. The Morgan fingerprint density at radius 3 is 2.25 bits per heavy atom. The quantitative estimate of drug-likeness (QED) is 0.388. The maximum atomic E-state index is 13.7. The monoisotopic (exact) mass is 571 g/mol. The summed E-state index contributed by atoms with van der Waals surface area (Å²) in [5, 5.41) is 2.75. The predicted molar refractivity (Wildman–Crippen MR) is 145 cm³/mol. The van der Waals surface area contributed by atoms with Gasteiger partial charge in [-0.15, -0.1) is 0 Å². The zero-order valence-corrected chi connectivity index (χ0v) is 22.9. The molecule has 0 radical (unpaired) electrons. The first kappa shape index (κ1) is 27.4. The fourth-order valence-electron chi connectivity index (χ4n) is 3.67. The smallest absolute Gasteiger partial charge is 0.264 e. The van der Waals surface area contributed by atoms with Gasteiger partial charge in [-0.2, -0.15) is 0 Å². The van der Waals surface area contributed by atoms with Gasteiger partial charge in [-0.05, 0) is 56.7 Å². The second-order valence-corrected chi connectivity index (χ2v) is 11.2. The molecule has 3 rings (SSSR count). The van der Waals surface area contributed by atoms with E-state index >= 15 is 0 Å². The molecule has 0 aliphatic carbocycles. The Kier molecular flexibility index (Phi) is 9.28. The van der Waals surface area contributed by atoms with E-state index in [0.717, 1.165) is 15.4 Å². The van der Waals surface area contributed by atoms with E-state index in [1.54, 1.807) is 56.3 Å². The first-order valence-corrected chi connectivity index (χ1v) is 13.8. The van der Waals surface area contributed by atoms with Crippen molar-refractivity contribution in [1.29, 1.82) is 0 Å². The maximum absolute atomic E-state index is 13.7. The lowest BCUT2D eigenvalue weighted by Gasteiger charge is -2.32. The highest BCUT2D eigenvalue weighted by Gasteiger charge is 2.32. The van der Waals surface area contributed by atoms with Gasteiger partial charge in [0, 0.05) is 17.6 Å². The van der Waals surface area contributed by atoms with Crippen LogP contribution in [0.3, 0.4) is 0 Å². The van der Waals surface area contributed by atoms with Gasteiger partial charge in [0.1, 0.15) is 12.6 Å². The van der Waals surface area contributed by atoms with E-state index in [9.17, 15) is 18.0 Å². The Bertz CT molecular complexity index is 1300. The van der Waals surface area contributed by atoms with Gasteiger partial charge in [0.05, 0.1) is 10.6 Å². The number of sulfonamides is 1. The van der Waals surface area contributed by atoms with Crippen LogP contribution in [0, 0.1) is 6.92 Å². The van der Waals surface area contributed by atoms with E-state index in [1.165, 1.54) is 17.0 Å². The van der Waals surface area contributed by atoms with Crippen LogP contribution in [-0.4, -0.2) is 44.3 Å². The second-order valence-electron chi connectivity index (χ2n) is 8.38. The fraction of sp³-hybridized carbons (Fsp3) is 0.259. The molecular formula is C27H30BrN3O4S. The number of hydrogen-bond donors (Lipinski definition) is 1. The summed E-state index contributed by atoms with van der Waals surface area (Å²) >= 11 is 3.39. The molecule has 7 nitrogen and oxygen atoms in total. The molecule has 1 N–H and O–H groups in total. The molecule has 190 valence electrons. The molecule has 0 fully saturated rings. The van der Waals surface area contributed by atoms with E-state index in [0.29, 0.717) is 16.7 Å². The number of halogens is 1. The Morgan fingerprint density at radius 2 is 1.64 bits per heavy atom. The number of anilines is 1. The maximum Gasteiger partial charge on any atom is 0.264 e. The molecule has 0 heterocycles. The average molecular weight is 573 g/mol. The van der Waals surface area contributed by atoms with Crippen molar-refractivity contribution < 1.29 is 18.0 Å². The zero-order valence-electron chi connectivity index (χ0n) is 20.5. The van der Waals surface area contributed by atoms with Crippen LogP contribution in [0.15, 0.2) is 88.2 Å². The SMILES string of the molecule is CCNC(=O)[C@H](C)N(Cc1ccc(C)cc1)C(=O)CN(c1cccc(Br)c1)S(=O)(=O)c1ccccc1. The lowest BCUT2D eigenvalue weighted by atomic mass is 10.1. The van der Waals surface area contributed by atoms with Gasteiger partial charge in [0.25, 0.3) is 10.0 Å². The summed E-state index contributed by atoms with van der Waals surface area (Å²) in [6.07, 6.45) is 0. The normalized spacial score (nSPS) is 12.0. The van der Waals surface area contributed by atoms with E-state index in [2.05, 4.69) is 21.2 Å². The highest BCUT2D eigenvalue weighted by molar-refractivity contribution is 9.10. The number of amides is 2. The van der Waals surface area contributed by atoms with Crippen LogP contribution in [0.25, 0.3) is 0 Å². The lowest BCUT2D eigenvalue weighted by Crippen LogP contribution is -2.51. The van der Waals surface area contributed by atoms with Crippen LogP contribution in [0.2, 0.25) is 0 Å². The fourth-order valence-corrected chi connectivity index (χ4v) is 5.49. The average Bonchev–Trinajstić information content (AvgIpc) is 2.87. The van der Waals surface area contributed by atoms with Gasteiger partial charge in [0.2, 0.25) is 11.8 Å². The number of nitrogens with zero attached hydrogens (tertiary/aromatic N) is 2. The van der Waals surface area contributed by atoms with Gasteiger partial charge in [-0.3, -0.25) is 13.9 Å². The zero-order chi connectivity index (χ0) is 26.3. The predicted octanol–water partition coefficient (Wildman–Crippen LogP) is 4.51. The number of nitrogens with one attached hydrogen (secondary N) is 1. The third kappa shape index (κ3) is 6.73. The highest BCUT2D eigenvalue weighted by Crippen LogP contribution is 2.27. The second kappa shape index (κ2) is 12.2. The molecule has 0 unspecified atom stereocenters. The van der Waals surface area contributed by atoms with Crippen molar-refractivity contribution in [3.8, 4) is 0 Å². The summed E-state index contributed by atoms with van der Waals surface area (Å²) in [5.41, 5.74) is 2.25. The van der Waals surface area contributed by atoms with Crippen molar-refractivity contribution in [3.63, 3.8) is 0 Å². The van der Waals surface area contributed by atoms with Gasteiger partial charge >= 0.3 is 0 Å². The van der Waals surface area contributed by atoms with E-state index in [-0.39, 0.29) is 17.3 Å². The van der Waals surface area contributed by atoms with Gasteiger partial charge in [-0.25, -0.2) is 8.42 Å². The number of aryl methyl sites for hydroxylation is 1. The standard InChI is InChI=1S/C27H30BrN3O4S/c1-4-29-27(33)21(3)30(18-22-15-13-20(2)14-16-22)26(32)19-31(24-10-8-9-23(28)17-24)36(34,35)25-11-6-5-7-12-25/h5-17,21H,4,18-19H2,1-3H3,(H,29,33)/t21-/m0/s1. The lowest BCUT2D eigenvalue weighted by molar-refractivity contribution is -0.139. The van der Waals surface area contributed by atoms with Crippen LogP contribution < -0.4 is 9.62 Å². The molecule has 0 aliphatic rings. The van der Waals surface area contributed by atoms with Crippen molar-refractivity contribution in [2.24, 2.45) is 0 Å². The first-order valence-electron chi connectivity index (χ1n) is 11.6. The highest BCUT2D eigenvalue weighted by atomic mass is 79.9. The molecule has 0 saturated heterocycles. The van der Waals surface area contributed by atoms with Gasteiger partial charge in [0.15, 0.2) is 0 Å². The molecule has 3 aromatic carbocycles. The van der Waals surface area contributed by atoms with Gasteiger partial charge < -0.3 is 10.2 Å². The van der Waals surface area contributed by atoms with Crippen molar-refractivity contribution >= 4 is 43.5 Å². The Hall–Kier alpha value is -3.17. The third-order valence-corrected chi connectivity index (χ3v) is 7.98. The van der Waals surface area contributed by atoms with Crippen LogP contribution in [0.4, 0.5) is 5.69 Å². The molecular weight excluding hydrogens is 542 g/mol. The van der Waals surface area contributed by atoms with Crippen molar-refractivity contribution in [3.05, 3.63) is 94.5 Å². The summed E-state index contributed by atoms with van der Waals surface area (Å²) in [6.45, 7) is 5.53. The van der Waals surface area contributed by atoms with Crippen molar-refractivity contribution in [1.82, 2.24) is 10.2 Å². The molecule has 0 saturated carbocycles. The minimum Gasteiger partial charge on any atom is -0.355 e. The summed E-state index contributed by atoms with van der Waals surface area (Å²) in [4.78, 5) is 27.9. The minimum absolute atomic E-state index is 0.0691. The molecule has 0 aromatic heterocycles. The van der Waals surface area contributed by atoms with Crippen LogP contribution >= 0.6 is 15.9 Å². The van der Waals surface area contributed by atoms with Gasteiger partial charge in [-0.1, -0.05) is 70.0 Å². The molecule has 9 heteroatoms. The number of carbonyl (C=O) groups excluding carboxylic acids is 2. The summed E-state index contributed by atoms with van der Waals surface area (Å²) in [6, 6.07) is 21.6. The van der Waals surface area contributed by atoms with Crippen molar-refractivity contribution in [2.45, 2.75) is 38.3 Å². The number of likely N-dealkylation sites (N-methyl/N-ethyl adjacent to an activating group) is 1. The number of carbonyl (C=O) groups is 2. The Labute approximate surface area is 221 Å². The summed E-state index contributed by atoms with van der Waals surface area (Å²) in [5.74, 6) is -0.799. The Morgan fingerprint density at radius 1 is 0.972 bits per heavy atom. The molecule has 1 atom stereocenters. The van der Waals surface area contributed by atoms with E-state index in [1.807, 2.05) is 31.2 Å². The number of hydrogen-bond acceptors (Lipinski definition) is 4. The molecule has 3 aromatic rings. The van der Waals surface area contributed by atoms with E-state index in [4.69, 9.17) is 0 Å². The summed E-state index contributed by atoms with van der Waals surface area (Å²) in [7, 11) is -4.07. The molecule has 2 amide bonds. The topological polar surface area (TPSA) is 86.8 Å². The van der Waals surface area contributed by atoms with E-state index < -0.39 is 28.5 Å². The third-order valence-electron chi connectivity index (χ3n) is 5.70. The molecule has 0 spiro atoms. The number of rotatable bonds is 10. The van der Waals surface area contributed by atoms with Crippen LogP contribution in [0.5, 0.6) is 0 Å². The largest absolute Gasteiger partial charge is 0.355 e. The molecule has 0 bridgehead atoms.